The monoisotopic (exact) mass is 151 g/mol. The number of carbonyl (C=O) groups excluding carboxylic acids is 1. The van der Waals surface area contributed by atoms with Gasteiger partial charge in [0.05, 0.1) is 6.20 Å². The highest BCUT2D eigenvalue weighted by Gasteiger charge is 2.19. The molecule has 0 saturated heterocycles. The van der Waals surface area contributed by atoms with Crippen LogP contribution in [0.15, 0.2) is 6.20 Å². The van der Waals surface area contributed by atoms with Crippen molar-refractivity contribution in [2.24, 2.45) is 7.05 Å². The van der Waals surface area contributed by atoms with Crippen LogP contribution < -0.4 is 5.32 Å². The van der Waals surface area contributed by atoms with Crippen LogP contribution in [0.5, 0.6) is 0 Å². The second kappa shape index (κ2) is 2.08. The van der Waals surface area contributed by atoms with Crippen molar-refractivity contribution < 1.29 is 4.79 Å². The smallest absolute Gasteiger partial charge is 0.269 e. The Morgan fingerprint density at radius 1 is 1.73 bits per heavy atom. The lowest BCUT2D eigenvalue weighted by Gasteiger charge is -2.12. The molecule has 11 heavy (non-hydrogen) atoms. The average molecular weight is 151 g/mol. The van der Waals surface area contributed by atoms with E-state index < -0.39 is 0 Å². The fourth-order valence-corrected chi connectivity index (χ4v) is 1.35. The first kappa shape index (κ1) is 6.39. The number of amides is 1. The van der Waals surface area contributed by atoms with E-state index in [0.717, 1.165) is 18.5 Å². The Hall–Kier alpha value is -1.32. The molecular weight excluding hydrogens is 142 g/mol. The second-order valence-corrected chi connectivity index (χ2v) is 2.65. The minimum atomic E-state index is -0.00810. The quantitative estimate of drug-likeness (QED) is 0.553. The summed E-state index contributed by atoms with van der Waals surface area (Å²) in [4.78, 5) is 11.2. The van der Waals surface area contributed by atoms with Crippen LogP contribution in [0, 0.1) is 0 Å². The van der Waals surface area contributed by atoms with E-state index in [-0.39, 0.29) is 5.91 Å². The van der Waals surface area contributed by atoms with Crippen molar-refractivity contribution in [3.05, 3.63) is 17.5 Å². The number of aromatic nitrogens is 2. The molecule has 0 atom stereocenters. The molecule has 2 heterocycles. The van der Waals surface area contributed by atoms with Crippen molar-refractivity contribution in [2.75, 3.05) is 6.54 Å². The number of rotatable bonds is 0. The Labute approximate surface area is 64.2 Å². The summed E-state index contributed by atoms with van der Waals surface area (Å²) in [6.45, 7) is 0.734. The standard InChI is InChI=1S/C7H9N3O/c1-10-6-5(4-9-10)2-3-8-7(6)11/h4H,2-3H2,1H3,(H,8,11). The van der Waals surface area contributed by atoms with Crippen LogP contribution in [0.25, 0.3) is 0 Å². The maximum atomic E-state index is 11.2. The molecule has 1 aromatic heterocycles. The second-order valence-electron chi connectivity index (χ2n) is 2.65. The SMILES string of the molecule is Cn1ncc2c1C(=O)NCC2. The lowest BCUT2D eigenvalue weighted by molar-refractivity contribution is 0.0936. The first-order valence-corrected chi connectivity index (χ1v) is 3.58. The normalized spacial score (nSPS) is 15.9. The molecule has 2 rings (SSSR count). The average Bonchev–Trinajstić information content (AvgIpc) is 2.34. The Kier molecular flexibility index (Phi) is 1.21. The Bertz CT molecular complexity index is 303. The van der Waals surface area contributed by atoms with E-state index in [9.17, 15) is 4.79 Å². The van der Waals surface area contributed by atoms with E-state index >= 15 is 0 Å². The molecule has 0 bridgehead atoms. The van der Waals surface area contributed by atoms with Crippen LogP contribution in [0.4, 0.5) is 0 Å². The highest BCUT2D eigenvalue weighted by Crippen LogP contribution is 2.10. The molecule has 0 aliphatic carbocycles. The Balaban J connectivity index is 2.56. The number of nitrogens with zero attached hydrogens (tertiary/aromatic N) is 2. The molecular formula is C7H9N3O. The van der Waals surface area contributed by atoms with Gasteiger partial charge in [-0.3, -0.25) is 9.48 Å². The van der Waals surface area contributed by atoms with E-state index in [1.807, 2.05) is 0 Å². The molecule has 1 aliphatic heterocycles. The first-order valence-electron chi connectivity index (χ1n) is 3.58. The molecule has 1 aliphatic rings. The molecule has 58 valence electrons. The van der Waals surface area contributed by atoms with E-state index in [1.54, 1.807) is 17.9 Å². The molecule has 0 saturated carbocycles. The largest absolute Gasteiger partial charge is 0.350 e. The van der Waals surface area contributed by atoms with E-state index in [0.29, 0.717) is 5.69 Å². The predicted molar refractivity (Wildman–Crippen MR) is 39.2 cm³/mol. The van der Waals surface area contributed by atoms with Gasteiger partial charge in [-0.2, -0.15) is 5.10 Å². The molecule has 0 spiro atoms. The maximum absolute atomic E-state index is 11.2. The molecule has 1 N–H and O–H groups in total. The molecule has 0 unspecified atom stereocenters. The van der Waals surface area contributed by atoms with Gasteiger partial charge in [-0.1, -0.05) is 0 Å². The van der Waals surface area contributed by atoms with Crippen molar-refractivity contribution in [1.29, 1.82) is 0 Å². The summed E-state index contributed by atoms with van der Waals surface area (Å²) in [6.07, 6.45) is 2.66. The summed E-state index contributed by atoms with van der Waals surface area (Å²) < 4.78 is 1.61. The lowest BCUT2D eigenvalue weighted by Crippen LogP contribution is -2.32. The predicted octanol–water partition coefficient (Wildman–Crippen LogP) is -0.294. The molecule has 1 amide bonds. The summed E-state index contributed by atoms with van der Waals surface area (Å²) in [5.74, 6) is -0.00810. The van der Waals surface area contributed by atoms with Gasteiger partial charge in [-0.05, 0) is 6.42 Å². The zero-order valence-corrected chi connectivity index (χ0v) is 6.29. The van der Waals surface area contributed by atoms with Crippen LogP contribution >= 0.6 is 0 Å². The highest BCUT2D eigenvalue weighted by atomic mass is 16.2. The van der Waals surface area contributed by atoms with E-state index in [2.05, 4.69) is 10.4 Å². The van der Waals surface area contributed by atoms with Gasteiger partial charge in [0, 0.05) is 19.2 Å². The van der Waals surface area contributed by atoms with Crippen molar-refractivity contribution >= 4 is 5.91 Å². The third-order valence-electron chi connectivity index (χ3n) is 1.91. The van der Waals surface area contributed by atoms with Crippen LogP contribution in [0.1, 0.15) is 16.1 Å². The third-order valence-corrected chi connectivity index (χ3v) is 1.91. The van der Waals surface area contributed by atoms with Gasteiger partial charge in [0.25, 0.3) is 5.91 Å². The van der Waals surface area contributed by atoms with Gasteiger partial charge in [-0.25, -0.2) is 0 Å². The van der Waals surface area contributed by atoms with E-state index in [4.69, 9.17) is 0 Å². The van der Waals surface area contributed by atoms with Crippen molar-refractivity contribution in [2.45, 2.75) is 6.42 Å². The third kappa shape index (κ3) is 0.824. The maximum Gasteiger partial charge on any atom is 0.269 e. The van der Waals surface area contributed by atoms with Gasteiger partial charge in [0.2, 0.25) is 0 Å². The Morgan fingerprint density at radius 2 is 2.55 bits per heavy atom. The number of nitrogens with one attached hydrogen (secondary N) is 1. The lowest BCUT2D eigenvalue weighted by atomic mass is 10.1. The van der Waals surface area contributed by atoms with Crippen molar-refractivity contribution in [3.63, 3.8) is 0 Å². The number of fused-ring (bicyclic) bond motifs is 1. The van der Waals surface area contributed by atoms with Gasteiger partial charge in [0.1, 0.15) is 5.69 Å². The summed E-state index contributed by atoms with van der Waals surface area (Å²) >= 11 is 0. The van der Waals surface area contributed by atoms with Crippen molar-refractivity contribution in [1.82, 2.24) is 15.1 Å². The van der Waals surface area contributed by atoms with Crippen LogP contribution in [0.2, 0.25) is 0 Å². The zero-order chi connectivity index (χ0) is 7.84. The first-order chi connectivity index (χ1) is 5.29. The molecule has 4 heteroatoms. The fourth-order valence-electron chi connectivity index (χ4n) is 1.35. The number of hydrogen-bond acceptors (Lipinski definition) is 2. The summed E-state index contributed by atoms with van der Waals surface area (Å²) in [7, 11) is 1.78. The van der Waals surface area contributed by atoms with Gasteiger partial charge < -0.3 is 5.32 Å². The molecule has 0 aromatic carbocycles. The summed E-state index contributed by atoms with van der Waals surface area (Å²) in [5.41, 5.74) is 1.76. The molecule has 0 radical (unpaired) electrons. The number of aryl methyl sites for hydroxylation is 1. The van der Waals surface area contributed by atoms with Gasteiger partial charge >= 0.3 is 0 Å². The highest BCUT2D eigenvalue weighted by molar-refractivity contribution is 5.94. The number of carbonyl (C=O) groups is 1. The zero-order valence-electron chi connectivity index (χ0n) is 6.29. The van der Waals surface area contributed by atoms with Gasteiger partial charge in [0.15, 0.2) is 0 Å². The van der Waals surface area contributed by atoms with Gasteiger partial charge in [-0.15, -0.1) is 0 Å². The topological polar surface area (TPSA) is 46.9 Å². The van der Waals surface area contributed by atoms with Crippen LogP contribution in [-0.4, -0.2) is 22.2 Å². The minimum absolute atomic E-state index is 0.00810. The van der Waals surface area contributed by atoms with Crippen molar-refractivity contribution in [3.8, 4) is 0 Å². The summed E-state index contributed by atoms with van der Waals surface area (Å²) in [6, 6.07) is 0. The van der Waals surface area contributed by atoms with Crippen LogP contribution in [0.3, 0.4) is 0 Å². The molecule has 1 aromatic rings. The minimum Gasteiger partial charge on any atom is -0.350 e. The van der Waals surface area contributed by atoms with E-state index in [1.165, 1.54) is 0 Å². The summed E-state index contributed by atoms with van der Waals surface area (Å²) in [5, 5.41) is 6.77. The number of hydrogen-bond donors (Lipinski definition) is 1. The fraction of sp³-hybridized carbons (Fsp3) is 0.429. The molecule has 4 nitrogen and oxygen atoms in total. The van der Waals surface area contributed by atoms with Crippen LogP contribution in [-0.2, 0) is 13.5 Å². The Morgan fingerprint density at radius 3 is 3.27 bits per heavy atom. The molecule has 0 fully saturated rings.